The fourth-order valence-electron chi connectivity index (χ4n) is 1.96. The highest BCUT2D eigenvalue weighted by Gasteiger charge is 2.21. The zero-order valence-electron chi connectivity index (χ0n) is 10.2. The lowest BCUT2D eigenvalue weighted by Gasteiger charge is -2.23. The van der Waals surface area contributed by atoms with Gasteiger partial charge in [-0.3, -0.25) is 4.79 Å². The summed E-state index contributed by atoms with van der Waals surface area (Å²) in [5, 5.41) is 6.11. The predicted molar refractivity (Wildman–Crippen MR) is 67.2 cm³/mol. The maximum absolute atomic E-state index is 12.0. The Bertz CT molecular complexity index is 392. The molecule has 0 aliphatic carbocycles. The SMILES string of the molecule is Cc1cccc(C)c1NC(=O)C1COCCN1. The largest absolute Gasteiger partial charge is 0.378 e. The minimum atomic E-state index is -0.247. The highest BCUT2D eigenvalue weighted by molar-refractivity contribution is 5.96. The molecule has 2 N–H and O–H groups in total. The zero-order chi connectivity index (χ0) is 12.3. The Balaban J connectivity index is 2.07. The van der Waals surface area contributed by atoms with Gasteiger partial charge in [0, 0.05) is 12.2 Å². The van der Waals surface area contributed by atoms with E-state index in [0.717, 1.165) is 23.4 Å². The van der Waals surface area contributed by atoms with E-state index in [2.05, 4.69) is 10.6 Å². The third kappa shape index (κ3) is 2.84. The molecule has 1 atom stereocenters. The third-order valence-electron chi connectivity index (χ3n) is 2.97. The number of carbonyl (C=O) groups is 1. The van der Waals surface area contributed by atoms with E-state index >= 15 is 0 Å². The first-order valence-electron chi connectivity index (χ1n) is 5.86. The molecule has 17 heavy (non-hydrogen) atoms. The van der Waals surface area contributed by atoms with Crippen molar-refractivity contribution in [1.82, 2.24) is 5.32 Å². The summed E-state index contributed by atoms with van der Waals surface area (Å²) >= 11 is 0. The van der Waals surface area contributed by atoms with Gasteiger partial charge < -0.3 is 15.4 Å². The molecule has 4 nitrogen and oxygen atoms in total. The molecule has 1 fully saturated rings. The van der Waals surface area contributed by atoms with Crippen molar-refractivity contribution in [2.24, 2.45) is 0 Å². The summed E-state index contributed by atoms with van der Waals surface area (Å²) in [5.41, 5.74) is 3.06. The summed E-state index contributed by atoms with van der Waals surface area (Å²) in [7, 11) is 0. The maximum Gasteiger partial charge on any atom is 0.243 e. The number of aryl methyl sites for hydroxylation is 2. The molecule has 0 saturated carbocycles. The third-order valence-corrected chi connectivity index (χ3v) is 2.97. The van der Waals surface area contributed by atoms with Gasteiger partial charge >= 0.3 is 0 Å². The van der Waals surface area contributed by atoms with Crippen molar-refractivity contribution in [2.75, 3.05) is 25.1 Å². The number of carbonyl (C=O) groups excluding carboxylic acids is 1. The number of benzene rings is 1. The van der Waals surface area contributed by atoms with Crippen LogP contribution in [-0.4, -0.2) is 31.7 Å². The highest BCUT2D eigenvalue weighted by atomic mass is 16.5. The Labute approximate surface area is 101 Å². The molecule has 1 amide bonds. The zero-order valence-corrected chi connectivity index (χ0v) is 10.2. The summed E-state index contributed by atoms with van der Waals surface area (Å²) in [5.74, 6) is -0.0258. The second-order valence-electron chi connectivity index (χ2n) is 4.34. The van der Waals surface area contributed by atoms with Crippen LogP contribution in [0.1, 0.15) is 11.1 Å². The molecule has 1 aromatic rings. The monoisotopic (exact) mass is 234 g/mol. The molecule has 4 heteroatoms. The summed E-state index contributed by atoms with van der Waals surface area (Å²) < 4.78 is 5.28. The molecule has 1 unspecified atom stereocenters. The fraction of sp³-hybridized carbons (Fsp3) is 0.462. The van der Waals surface area contributed by atoms with Crippen LogP contribution in [0.4, 0.5) is 5.69 Å². The van der Waals surface area contributed by atoms with Crippen molar-refractivity contribution in [3.05, 3.63) is 29.3 Å². The van der Waals surface area contributed by atoms with Crippen LogP contribution in [0.5, 0.6) is 0 Å². The van der Waals surface area contributed by atoms with Gasteiger partial charge in [0.1, 0.15) is 6.04 Å². The Kier molecular flexibility index (Phi) is 3.76. The van der Waals surface area contributed by atoms with Crippen LogP contribution in [-0.2, 0) is 9.53 Å². The van der Waals surface area contributed by atoms with Crippen LogP contribution >= 0.6 is 0 Å². The Morgan fingerprint density at radius 2 is 2.12 bits per heavy atom. The van der Waals surface area contributed by atoms with E-state index in [0.29, 0.717) is 13.2 Å². The molecular weight excluding hydrogens is 216 g/mol. The molecule has 0 aromatic heterocycles. The lowest BCUT2D eigenvalue weighted by molar-refractivity contribution is -0.120. The molecule has 1 aliphatic heterocycles. The first-order chi connectivity index (χ1) is 8.18. The van der Waals surface area contributed by atoms with Gasteiger partial charge in [0.05, 0.1) is 13.2 Å². The number of rotatable bonds is 2. The van der Waals surface area contributed by atoms with Gasteiger partial charge in [-0.1, -0.05) is 18.2 Å². The van der Waals surface area contributed by atoms with E-state index in [4.69, 9.17) is 4.74 Å². The van der Waals surface area contributed by atoms with E-state index < -0.39 is 0 Å². The fourth-order valence-corrected chi connectivity index (χ4v) is 1.96. The maximum atomic E-state index is 12.0. The van der Waals surface area contributed by atoms with Gasteiger partial charge in [0.25, 0.3) is 0 Å². The number of anilines is 1. The number of hydrogen-bond acceptors (Lipinski definition) is 3. The van der Waals surface area contributed by atoms with Crippen molar-refractivity contribution in [3.63, 3.8) is 0 Å². The van der Waals surface area contributed by atoms with Crippen molar-refractivity contribution < 1.29 is 9.53 Å². The quantitative estimate of drug-likeness (QED) is 0.809. The Hall–Kier alpha value is -1.39. The van der Waals surface area contributed by atoms with E-state index in [-0.39, 0.29) is 11.9 Å². The number of ether oxygens (including phenoxy) is 1. The van der Waals surface area contributed by atoms with Gasteiger partial charge in [-0.05, 0) is 25.0 Å². The van der Waals surface area contributed by atoms with E-state index in [1.54, 1.807) is 0 Å². The van der Waals surface area contributed by atoms with E-state index in [9.17, 15) is 4.79 Å². The standard InChI is InChI=1S/C13H18N2O2/c1-9-4-3-5-10(2)12(9)15-13(16)11-8-17-7-6-14-11/h3-5,11,14H,6-8H2,1-2H3,(H,15,16). The van der Waals surface area contributed by atoms with E-state index in [1.807, 2.05) is 32.0 Å². The lowest BCUT2D eigenvalue weighted by atomic mass is 10.1. The van der Waals surface area contributed by atoms with Crippen molar-refractivity contribution in [3.8, 4) is 0 Å². The molecule has 1 heterocycles. The molecule has 0 radical (unpaired) electrons. The molecule has 0 spiro atoms. The van der Waals surface area contributed by atoms with Gasteiger partial charge in [0.2, 0.25) is 5.91 Å². The molecule has 1 saturated heterocycles. The summed E-state index contributed by atoms with van der Waals surface area (Å²) in [6, 6.07) is 5.73. The Morgan fingerprint density at radius 3 is 2.71 bits per heavy atom. The van der Waals surface area contributed by atoms with E-state index in [1.165, 1.54) is 0 Å². The average molecular weight is 234 g/mol. The highest BCUT2D eigenvalue weighted by Crippen LogP contribution is 2.19. The summed E-state index contributed by atoms with van der Waals surface area (Å²) in [6.45, 7) is 5.83. The van der Waals surface area contributed by atoms with Crippen LogP contribution in [0.15, 0.2) is 18.2 Å². The molecule has 0 bridgehead atoms. The second-order valence-corrected chi connectivity index (χ2v) is 4.34. The number of amides is 1. The number of para-hydroxylation sites is 1. The first-order valence-corrected chi connectivity index (χ1v) is 5.86. The van der Waals surface area contributed by atoms with Crippen LogP contribution in [0, 0.1) is 13.8 Å². The normalized spacial score (nSPS) is 20.0. The lowest BCUT2D eigenvalue weighted by Crippen LogP contribution is -2.49. The topological polar surface area (TPSA) is 50.4 Å². The number of nitrogens with one attached hydrogen (secondary N) is 2. The van der Waals surface area contributed by atoms with Crippen molar-refractivity contribution in [2.45, 2.75) is 19.9 Å². The van der Waals surface area contributed by atoms with Crippen LogP contribution in [0.2, 0.25) is 0 Å². The van der Waals surface area contributed by atoms with Crippen LogP contribution < -0.4 is 10.6 Å². The smallest absolute Gasteiger partial charge is 0.243 e. The van der Waals surface area contributed by atoms with Crippen LogP contribution in [0.3, 0.4) is 0 Å². The van der Waals surface area contributed by atoms with Gasteiger partial charge in [-0.25, -0.2) is 0 Å². The Morgan fingerprint density at radius 1 is 1.41 bits per heavy atom. The molecule has 2 rings (SSSR count). The van der Waals surface area contributed by atoms with Gasteiger partial charge in [-0.2, -0.15) is 0 Å². The molecule has 92 valence electrons. The number of morpholine rings is 1. The predicted octanol–water partition coefficient (Wildman–Crippen LogP) is 1.23. The summed E-state index contributed by atoms with van der Waals surface area (Å²) in [4.78, 5) is 12.0. The first kappa shape index (κ1) is 12.1. The molecular formula is C13H18N2O2. The summed E-state index contributed by atoms with van der Waals surface area (Å²) in [6.07, 6.45) is 0. The molecule has 1 aromatic carbocycles. The van der Waals surface area contributed by atoms with Crippen molar-refractivity contribution in [1.29, 1.82) is 0 Å². The van der Waals surface area contributed by atoms with Gasteiger partial charge in [0.15, 0.2) is 0 Å². The minimum Gasteiger partial charge on any atom is -0.378 e. The minimum absolute atomic E-state index is 0.0258. The second kappa shape index (κ2) is 5.29. The number of hydrogen-bond donors (Lipinski definition) is 2. The van der Waals surface area contributed by atoms with Crippen LogP contribution in [0.25, 0.3) is 0 Å². The molecule has 1 aliphatic rings. The van der Waals surface area contributed by atoms with Crippen molar-refractivity contribution >= 4 is 11.6 Å². The average Bonchev–Trinajstić information content (AvgIpc) is 2.35. The van der Waals surface area contributed by atoms with Gasteiger partial charge in [-0.15, -0.1) is 0 Å².